The van der Waals surface area contributed by atoms with Crippen LogP contribution in [0.4, 0.5) is 0 Å². The Morgan fingerprint density at radius 1 is 1.52 bits per heavy atom. The average Bonchev–Trinajstić information content (AvgIpc) is 2.75. The van der Waals surface area contributed by atoms with Crippen molar-refractivity contribution in [3.63, 3.8) is 0 Å². The lowest BCUT2D eigenvalue weighted by molar-refractivity contribution is -0.151. The second-order valence-electron chi connectivity index (χ2n) is 7.67. The molecule has 1 aliphatic heterocycles. The molecule has 0 radical (unpaired) electrons. The van der Waals surface area contributed by atoms with Crippen molar-refractivity contribution in [1.82, 2.24) is 9.88 Å². The molecule has 21 heavy (non-hydrogen) atoms. The van der Waals surface area contributed by atoms with Crippen molar-refractivity contribution in [3.05, 3.63) is 17.8 Å². The molecule has 1 aromatic heterocycles. The minimum Gasteiger partial charge on any atom is -0.480 e. The molecule has 0 aromatic carbocycles. The number of carboxylic acid groups (broad SMARTS) is 1. The summed E-state index contributed by atoms with van der Waals surface area (Å²) in [6.45, 7) is 11.5. The number of nitrogens with zero attached hydrogens (tertiary/aromatic N) is 2. The number of carboxylic acids is 1. The molecular weight excluding hydrogens is 268 g/mol. The summed E-state index contributed by atoms with van der Waals surface area (Å²) in [6, 6.07) is -0.490. The minimum atomic E-state index is -0.762. The third-order valence-electron chi connectivity index (χ3n) is 4.24. The van der Waals surface area contributed by atoms with Crippen LogP contribution < -0.4 is 0 Å². The molecule has 1 saturated heterocycles. The lowest BCUT2D eigenvalue weighted by atomic mass is 9.76. The zero-order valence-corrected chi connectivity index (χ0v) is 13.6. The van der Waals surface area contributed by atoms with Gasteiger partial charge in [0.25, 0.3) is 0 Å². The number of oxazole rings is 1. The molecule has 0 aliphatic carbocycles. The highest BCUT2D eigenvalue weighted by Gasteiger charge is 2.42. The van der Waals surface area contributed by atoms with Crippen LogP contribution in [0.2, 0.25) is 0 Å². The predicted octanol–water partition coefficient (Wildman–Crippen LogP) is 3.05. The van der Waals surface area contributed by atoms with E-state index >= 15 is 0 Å². The first-order valence-corrected chi connectivity index (χ1v) is 7.53. The van der Waals surface area contributed by atoms with Crippen molar-refractivity contribution >= 4 is 5.97 Å². The van der Waals surface area contributed by atoms with Gasteiger partial charge in [0, 0.05) is 5.41 Å². The maximum absolute atomic E-state index is 11.6. The van der Waals surface area contributed by atoms with Crippen LogP contribution in [-0.2, 0) is 16.8 Å². The number of hydrogen-bond acceptors (Lipinski definition) is 4. The molecule has 1 N–H and O–H groups in total. The lowest BCUT2D eigenvalue weighted by Gasteiger charge is -2.43. The fourth-order valence-corrected chi connectivity index (χ4v) is 3.06. The molecule has 0 amide bonds. The van der Waals surface area contributed by atoms with Crippen LogP contribution in [0.15, 0.2) is 10.6 Å². The Kier molecular flexibility index (Phi) is 4.15. The van der Waals surface area contributed by atoms with Gasteiger partial charge in [0.15, 0.2) is 0 Å². The Hall–Kier alpha value is -1.36. The number of likely N-dealkylation sites (tertiary alicyclic amines) is 1. The molecule has 1 aromatic rings. The number of hydrogen-bond donors (Lipinski definition) is 1. The van der Waals surface area contributed by atoms with Gasteiger partial charge in [-0.05, 0) is 24.8 Å². The van der Waals surface area contributed by atoms with E-state index in [1.807, 2.05) is 18.7 Å². The summed E-state index contributed by atoms with van der Waals surface area (Å²) >= 11 is 0. The summed E-state index contributed by atoms with van der Waals surface area (Å²) in [5.74, 6) is 0.673. The van der Waals surface area contributed by atoms with Gasteiger partial charge in [0.2, 0.25) is 5.89 Å². The van der Waals surface area contributed by atoms with Gasteiger partial charge in [-0.3, -0.25) is 9.69 Å². The van der Waals surface area contributed by atoms with E-state index in [0.717, 1.165) is 25.1 Å². The Balaban J connectivity index is 2.17. The summed E-state index contributed by atoms with van der Waals surface area (Å²) in [6.07, 6.45) is 3.68. The van der Waals surface area contributed by atoms with E-state index in [0.29, 0.717) is 12.4 Å². The summed E-state index contributed by atoms with van der Waals surface area (Å²) in [5.41, 5.74) is -0.317. The minimum absolute atomic E-state index is 0.0847. The molecule has 0 bridgehead atoms. The van der Waals surface area contributed by atoms with Crippen molar-refractivity contribution in [1.29, 1.82) is 0 Å². The van der Waals surface area contributed by atoms with Crippen LogP contribution in [0, 0.1) is 5.41 Å². The molecule has 0 spiro atoms. The van der Waals surface area contributed by atoms with Crippen molar-refractivity contribution in [2.24, 2.45) is 5.41 Å². The first-order valence-electron chi connectivity index (χ1n) is 7.53. The molecule has 118 valence electrons. The van der Waals surface area contributed by atoms with E-state index in [9.17, 15) is 9.90 Å². The van der Waals surface area contributed by atoms with Crippen LogP contribution in [0.3, 0.4) is 0 Å². The second-order valence-corrected chi connectivity index (χ2v) is 7.67. The van der Waals surface area contributed by atoms with E-state index in [2.05, 4.69) is 25.8 Å². The van der Waals surface area contributed by atoms with Gasteiger partial charge < -0.3 is 9.52 Å². The molecule has 1 fully saturated rings. The van der Waals surface area contributed by atoms with Gasteiger partial charge in [-0.2, -0.15) is 0 Å². The van der Waals surface area contributed by atoms with Crippen LogP contribution in [0.25, 0.3) is 0 Å². The summed E-state index contributed by atoms with van der Waals surface area (Å²) < 4.78 is 5.80. The second kappa shape index (κ2) is 5.44. The normalized spacial score (nSPS) is 23.2. The molecule has 1 unspecified atom stereocenters. The van der Waals surface area contributed by atoms with Gasteiger partial charge in [0.05, 0.1) is 12.7 Å². The van der Waals surface area contributed by atoms with Crippen molar-refractivity contribution in [3.8, 4) is 0 Å². The fourth-order valence-electron chi connectivity index (χ4n) is 3.06. The van der Waals surface area contributed by atoms with E-state index < -0.39 is 12.0 Å². The number of aliphatic carboxylic acids is 1. The zero-order valence-electron chi connectivity index (χ0n) is 13.6. The molecule has 1 aliphatic rings. The van der Waals surface area contributed by atoms with E-state index in [1.165, 1.54) is 0 Å². The molecule has 1 atom stereocenters. The molecular formula is C16H26N2O3. The Labute approximate surface area is 126 Å². The summed E-state index contributed by atoms with van der Waals surface area (Å²) in [7, 11) is 0. The van der Waals surface area contributed by atoms with Crippen LogP contribution in [0.1, 0.15) is 59.1 Å². The molecule has 2 rings (SSSR count). The lowest BCUT2D eigenvalue weighted by Crippen LogP contribution is -2.53. The zero-order chi connectivity index (χ0) is 15.8. The Bertz CT molecular complexity index is 514. The maximum Gasteiger partial charge on any atom is 0.321 e. The van der Waals surface area contributed by atoms with Gasteiger partial charge in [0.1, 0.15) is 11.8 Å². The molecule has 0 saturated carbocycles. The molecule has 5 nitrogen and oxygen atoms in total. The maximum atomic E-state index is 11.6. The van der Waals surface area contributed by atoms with Crippen LogP contribution in [0.5, 0.6) is 0 Å². The number of piperidine rings is 1. The third-order valence-corrected chi connectivity index (χ3v) is 4.24. The van der Waals surface area contributed by atoms with Gasteiger partial charge >= 0.3 is 5.97 Å². The number of carbonyl (C=O) groups is 1. The van der Waals surface area contributed by atoms with Gasteiger partial charge in [-0.1, -0.05) is 34.6 Å². The monoisotopic (exact) mass is 294 g/mol. The number of aromatic nitrogens is 1. The van der Waals surface area contributed by atoms with Crippen molar-refractivity contribution < 1.29 is 14.3 Å². The highest BCUT2D eigenvalue weighted by molar-refractivity contribution is 5.74. The van der Waals surface area contributed by atoms with E-state index in [1.54, 1.807) is 6.20 Å². The molecule has 5 heteroatoms. The third kappa shape index (κ3) is 3.46. The van der Waals surface area contributed by atoms with E-state index in [-0.39, 0.29) is 10.8 Å². The average molecular weight is 294 g/mol. The first-order chi connectivity index (χ1) is 9.61. The van der Waals surface area contributed by atoms with Gasteiger partial charge in [-0.25, -0.2) is 4.98 Å². The number of rotatable bonds is 3. The topological polar surface area (TPSA) is 66.6 Å². The standard InChI is InChI=1S/C16H26N2O3/c1-15(2,3)11-9-17-12(21-11)10-18-8-6-7-16(4,5)13(18)14(19)20/h9,13H,6-8,10H2,1-5H3,(H,19,20). The summed E-state index contributed by atoms with van der Waals surface area (Å²) in [4.78, 5) is 17.9. The summed E-state index contributed by atoms with van der Waals surface area (Å²) in [5, 5.41) is 9.56. The Morgan fingerprint density at radius 3 is 2.71 bits per heavy atom. The SMILES string of the molecule is CC(C)(C)c1cnc(CN2CCCC(C)(C)C2C(=O)O)o1. The quantitative estimate of drug-likeness (QED) is 0.928. The van der Waals surface area contributed by atoms with Gasteiger partial charge in [-0.15, -0.1) is 0 Å². The van der Waals surface area contributed by atoms with Crippen molar-refractivity contribution in [2.45, 2.75) is 65.5 Å². The van der Waals surface area contributed by atoms with E-state index in [4.69, 9.17) is 4.42 Å². The van der Waals surface area contributed by atoms with Crippen molar-refractivity contribution in [2.75, 3.05) is 6.54 Å². The van der Waals surface area contributed by atoms with Crippen LogP contribution in [-0.4, -0.2) is 33.5 Å². The first kappa shape index (κ1) is 16.0. The largest absolute Gasteiger partial charge is 0.480 e. The highest BCUT2D eigenvalue weighted by atomic mass is 16.4. The fraction of sp³-hybridized carbons (Fsp3) is 0.750. The van der Waals surface area contributed by atoms with Crippen LogP contribution >= 0.6 is 0 Å². The highest BCUT2D eigenvalue weighted by Crippen LogP contribution is 2.36. The Morgan fingerprint density at radius 2 is 2.19 bits per heavy atom. The molecule has 2 heterocycles. The smallest absolute Gasteiger partial charge is 0.321 e. The predicted molar refractivity (Wildman–Crippen MR) is 80.1 cm³/mol.